The second-order valence-electron chi connectivity index (χ2n) is 5.93. The third-order valence-electron chi connectivity index (χ3n) is 3.99. The lowest BCUT2D eigenvalue weighted by molar-refractivity contribution is 0.0284. The molecule has 0 radical (unpaired) electrons. The Kier molecular flexibility index (Phi) is 6.63. The van der Waals surface area contributed by atoms with Crippen molar-refractivity contribution in [3.8, 4) is 0 Å². The molecule has 0 unspecified atom stereocenters. The van der Waals surface area contributed by atoms with Gasteiger partial charge >= 0.3 is 6.09 Å². The third kappa shape index (κ3) is 4.37. The van der Waals surface area contributed by atoms with Gasteiger partial charge in [0.1, 0.15) is 0 Å². The van der Waals surface area contributed by atoms with Gasteiger partial charge in [-0.15, -0.1) is 0 Å². The molecule has 0 atom stereocenters. The SMILES string of the molecule is CCCN(C(=O)OC(C)C)C1(CN)CCCCCC1. The van der Waals surface area contributed by atoms with Crippen LogP contribution in [0.5, 0.6) is 0 Å². The van der Waals surface area contributed by atoms with Crippen LogP contribution in [-0.2, 0) is 4.74 Å². The van der Waals surface area contributed by atoms with Crippen molar-refractivity contribution < 1.29 is 9.53 Å². The molecule has 0 bridgehead atoms. The van der Waals surface area contributed by atoms with Crippen molar-refractivity contribution in [3.63, 3.8) is 0 Å². The molecule has 1 saturated carbocycles. The lowest BCUT2D eigenvalue weighted by Gasteiger charge is -2.42. The molecule has 2 N–H and O–H groups in total. The fourth-order valence-electron chi connectivity index (χ4n) is 2.98. The number of ether oxygens (including phenoxy) is 1. The molecule has 0 heterocycles. The molecule has 0 aromatic rings. The van der Waals surface area contributed by atoms with E-state index in [2.05, 4.69) is 6.92 Å². The van der Waals surface area contributed by atoms with E-state index in [0.29, 0.717) is 6.54 Å². The first-order valence-electron chi connectivity index (χ1n) is 7.74. The molecule has 1 aliphatic carbocycles. The molecule has 4 heteroatoms. The minimum Gasteiger partial charge on any atom is -0.447 e. The molecule has 0 saturated heterocycles. The largest absolute Gasteiger partial charge is 0.447 e. The summed E-state index contributed by atoms with van der Waals surface area (Å²) in [6, 6.07) is 0. The molecule has 1 rings (SSSR count). The van der Waals surface area contributed by atoms with Gasteiger partial charge in [-0.25, -0.2) is 4.79 Å². The van der Waals surface area contributed by atoms with Crippen molar-refractivity contribution in [2.45, 2.75) is 77.4 Å². The van der Waals surface area contributed by atoms with Gasteiger partial charge in [-0.2, -0.15) is 0 Å². The molecule has 112 valence electrons. The Hall–Kier alpha value is -0.770. The van der Waals surface area contributed by atoms with Crippen LogP contribution >= 0.6 is 0 Å². The fourth-order valence-corrected chi connectivity index (χ4v) is 2.98. The summed E-state index contributed by atoms with van der Waals surface area (Å²) < 4.78 is 5.42. The van der Waals surface area contributed by atoms with E-state index in [0.717, 1.165) is 38.6 Å². The molecule has 0 aliphatic heterocycles. The molecule has 1 fully saturated rings. The van der Waals surface area contributed by atoms with E-state index in [1.165, 1.54) is 12.8 Å². The van der Waals surface area contributed by atoms with E-state index in [9.17, 15) is 4.79 Å². The summed E-state index contributed by atoms with van der Waals surface area (Å²) in [6.45, 7) is 7.16. The Labute approximate surface area is 117 Å². The molecule has 0 aromatic carbocycles. The number of carbonyl (C=O) groups excluding carboxylic acids is 1. The maximum absolute atomic E-state index is 12.4. The van der Waals surface area contributed by atoms with Gasteiger partial charge < -0.3 is 15.4 Å². The maximum Gasteiger partial charge on any atom is 0.410 e. The first-order chi connectivity index (χ1) is 9.05. The zero-order valence-corrected chi connectivity index (χ0v) is 12.8. The highest BCUT2D eigenvalue weighted by Crippen LogP contribution is 2.32. The van der Waals surface area contributed by atoms with Crippen molar-refractivity contribution in [3.05, 3.63) is 0 Å². The van der Waals surface area contributed by atoms with Crippen LogP contribution in [0, 0.1) is 0 Å². The average Bonchev–Trinajstić information content (AvgIpc) is 2.61. The molecule has 19 heavy (non-hydrogen) atoms. The van der Waals surface area contributed by atoms with E-state index in [-0.39, 0.29) is 17.7 Å². The molecule has 1 amide bonds. The van der Waals surface area contributed by atoms with Crippen molar-refractivity contribution in [2.24, 2.45) is 5.73 Å². The van der Waals surface area contributed by atoms with Crippen LogP contribution in [0.4, 0.5) is 4.79 Å². The van der Waals surface area contributed by atoms with Gasteiger partial charge in [0.2, 0.25) is 0 Å². The summed E-state index contributed by atoms with van der Waals surface area (Å²) in [6.07, 6.45) is 7.51. The predicted molar refractivity (Wildman–Crippen MR) is 78.1 cm³/mol. The van der Waals surface area contributed by atoms with Crippen molar-refractivity contribution >= 4 is 6.09 Å². The molecular formula is C15H30N2O2. The molecular weight excluding hydrogens is 240 g/mol. The lowest BCUT2D eigenvalue weighted by atomic mass is 9.88. The van der Waals surface area contributed by atoms with Gasteiger partial charge in [-0.1, -0.05) is 32.6 Å². The van der Waals surface area contributed by atoms with Crippen LogP contribution in [-0.4, -0.2) is 35.7 Å². The number of carbonyl (C=O) groups is 1. The van der Waals surface area contributed by atoms with E-state index >= 15 is 0 Å². The lowest BCUT2D eigenvalue weighted by Crippen LogP contribution is -2.56. The Bertz CT molecular complexity index is 271. The fraction of sp³-hybridized carbons (Fsp3) is 0.933. The molecule has 0 spiro atoms. The van der Waals surface area contributed by atoms with Crippen LogP contribution in [0.15, 0.2) is 0 Å². The normalized spacial score (nSPS) is 19.0. The monoisotopic (exact) mass is 270 g/mol. The number of amides is 1. The smallest absolute Gasteiger partial charge is 0.410 e. The van der Waals surface area contributed by atoms with Crippen LogP contribution in [0.3, 0.4) is 0 Å². The maximum atomic E-state index is 12.4. The van der Waals surface area contributed by atoms with Gasteiger partial charge in [0.25, 0.3) is 0 Å². The van der Waals surface area contributed by atoms with E-state index in [4.69, 9.17) is 10.5 Å². The Morgan fingerprint density at radius 3 is 2.26 bits per heavy atom. The average molecular weight is 270 g/mol. The highest BCUT2D eigenvalue weighted by atomic mass is 16.6. The van der Waals surface area contributed by atoms with Crippen LogP contribution in [0.25, 0.3) is 0 Å². The summed E-state index contributed by atoms with van der Waals surface area (Å²) in [7, 11) is 0. The number of rotatable bonds is 5. The zero-order valence-electron chi connectivity index (χ0n) is 12.8. The van der Waals surface area contributed by atoms with E-state index in [1.807, 2.05) is 18.7 Å². The Balaban J connectivity index is 2.88. The van der Waals surface area contributed by atoms with Crippen molar-refractivity contribution in [2.75, 3.05) is 13.1 Å². The van der Waals surface area contributed by atoms with E-state index < -0.39 is 0 Å². The topological polar surface area (TPSA) is 55.6 Å². The van der Waals surface area contributed by atoms with Crippen LogP contribution in [0.1, 0.15) is 65.7 Å². The second-order valence-corrected chi connectivity index (χ2v) is 5.93. The van der Waals surface area contributed by atoms with Gasteiger partial charge in [-0.3, -0.25) is 0 Å². The number of nitrogens with zero attached hydrogens (tertiary/aromatic N) is 1. The first-order valence-corrected chi connectivity index (χ1v) is 7.74. The van der Waals surface area contributed by atoms with Crippen molar-refractivity contribution in [1.29, 1.82) is 0 Å². The van der Waals surface area contributed by atoms with Gasteiger partial charge in [0, 0.05) is 13.1 Å². The van der Waals surface area contributed by atoms with Crippen molar-refractivity contribution in [1.82, 2.24) is 4.90 Å². The standard InChI is InChI=1S/C15H30N2O2/c1-4-11-17(14(18)19-13(2)3)15(12-16)9-7-5-6-8-10-15/h13H,4-12,16H2,1-3H3. The molecule has 4 nitrogen and oxygen atoms in total. The van der Waals surface area contributed by atoms with Crippen LogP contribution in [0.2, 0.25) is 0 Å². The third-order valence-corrected chi connectivity index (χ3v) is 3.99. The van der Waals surface area contributed by atoms with Crippen LogP contribution < -0.4 is 5.73 Å². The van der Waals surface area contributed by atoms with Gasteiger partial charge in [0.15, 0.2) is 0 Å². The molecule has 0 aromatic heterocycles. The summed E-state index contributed by atoms with van der Waals surface area (Å²) >= 11 is 0. The summed E-state index contributed by atoms with van der Waals surface area (Å²) in [5, 5.41) is 0. The minimum absolute atomic E-state index is 0.0764. The minimum atomic E-state index is -0.191. The highest BCUT2D eigenvalue weighted by molar-refractivity contribution is 5.69. The Morgan fingerprint density at radius 1 is 1.26 bits per heavy atom. The van der Waals surface area contributed by atoms with Gasteiger partial charge in [0.05, 0.1) is 11.6 Å². The summed E-state index contributed by atoms with van der Waals surface area (Å²) in [5.41, 5.74) is 5.88. The molecule has 1 aliphatic rings. The first kappa shape index (κ1) is 16.3. The van der Waals surface area contributed by atoms with E-state index in [1.54, 1.807) is 0 Å². The summed E-state index contributed by atoms with van der Waals surface area (Å²) in [4.78, 5) is 14.3. The second kappa shape index (κ2) is 7.73. The predicted octanol–water partition coefficient (Wildman–Crippen LogP) is 3.30. The number of hydrogen-bond donors (Lipinski definition) is 1. The Morgan fingerprint density at radius 2 is 1.84 bits per heavy atom. The summed E-state index contributed by atoms with van der Waals surface area (Å²) in [5.74, 6) is 0. The zero-order chi connectivity index (χ0) is 14.3. The van der Waals surface area contributed by atoms with Gasteiger partial charge in [-0.05, 0) is 33.1 Å². The number of hydrogen-bond acceptors (Lipinski definition) is 3. The quantitative estimate of drug-likeness (QED) is 0.780. The number of nitrogens with two attached hydrogens (primary N) is 1. The highest BCUT2D eigenvalue weighted by Gasteiger charge is 2.39.